The van der Waals surface area contributed by atoms with Crippen LogP contribution in [0.4, 0.5) is 0 Å². The molecule has 2 rings (SSSR count). The van der Waals surface area contributed by atoms with Crippen LogP contribution in [0.1, 0.15) is 36.2 Å². The first-order chi connectivity index (χ1) is 11.6. The molecule has 0 radical (unpaired) electrons. The second-order valence-electron chi connectivity index (χ2n) is 5.29. The summed E-state index contributed by atoms with van der Waals surface area (Å²) in [5.74, 6) is -1.01. The van der Waals surface area contributed by atoms with Crippen LogP contribution in [0.25, 0.3) is 0 Å². The number of hydrogen-bond acceptors (Lipinski definition) is 5. The topological polar surface area (TPSA) is 72.5 Å². The largest absolute Gasteiger partial charge is 0.456 e. The first-order valence-corrected chi connectivity index (χ1v) is 8.47. The van der Waals surface area contributed by atoms with E-state index in [9.17, 15) is 14.4 Å². The predicted octanol–water partition coefficient (Wildman–Crippen LogP) is 2.87. The van der Waals surface area contributed by atoms with Crippen LogP contribution in [0.2, 0.25) is 0 Å². The van der Waals surface area contributed by atoms with Gasteiger partial charge in [-0.05, 0) is 23.9 Å². The summed E-state index contributed by atoms with van der Waals surface area (Å²) in [6, 6.07) is 13.2. The van der Waals surface area contributed by atoms with E-state index in [1.54, 1.807) is 11.3 Å². The summed E-state index contributed by atoms with van der Waals surface area (Å²) in [6.45, 7) is 1.05. The summed E-state index contributed by atoms with van der Waals surface area (Å²) < 4.78 is 4.91. The fraction of sp³-hybridized carbons (Fsp3) is 0.278. The number of amides is 1. The van der Waals surface area contributed by atoms with Crippen molar-refractivity contribution in [3.63, 3.8) is 0 Å². The number of ether oxygens (including phenoxy) is 1. The molecule has 0 saturated heterocycles. The molecule has 5 nitrogen and oxygen atoms in total. The minimum absolute atomic E-state index is 0.00431. The fourth-order valence-electron chi connectivity index (χ4n) is 2.12. The fourth-order valence-corrected chi connectivity index (χ4v) is 2.92. The third-order valence-electron chi connectivity index (χ3n) is 3.31. The molecular formula is C18H19NO4S. The zero-order valence-corrected chi connectivity index (χ0v) is 14.2. The highest BCUT2D eigenvalue weighted by Gasteiger charge is 2.18. The van der Waals surface area contributed by atoms with Crippen molar-refractivity contribution in [1.82, 2.24) is 5.32 Å². The summed E-state index contributed by atoms with van der Waals surface area (Å²) in [5, 5.41) is 4.83. The number of carbonyl (C=O) groups is 3. The Balaban J connectivity index is 1.94. The lowest BCUT2D eigenvalue weighted by molar-refractivity contribution is -0.149. The van der Waals surface area contributed by atoms with Gasteiger partial charge in [0.1, 0.15) is 5.78 Å². The molecule has 0 aliphatic heterocycles. The Labute approximate surface area is 144 Å². The molecule has 0 spiro atoms. The van der Waals surface area contributed by atoms with Crippen molar-refractivity contribution in [1.29, 1.82) is 0 Å². The van der Waals surface area contributed by atoms with Crippen LogP contribution >= 0.6 is 11.3 Å². The Hall–Kier alpha value is -2.47. The molecule has 0 bridgehead atoms. The van der Waals surface area contributed by atoms with Gasteiger partial charge >= 0.3 is 5.97 Å². The van der Waals surface area contributed by atoms with Gasteiger partial charge < -0.3 is 14.8 Å². The van der Waals surface area contributed by atoms with E-state index in [0.717, 1.165) is 10.4 Å². The van der Waals surface area contributed by atoms with Crippen LogP contribution < -0.4 is 5.32 Å². The van der Waals surface area contributed by atoms with Crippen molar-refractivity contribution in [2.45, 2.75) is 25.8 Å². The third-order valence-corrected chi connectivity index (χ3v) is 4.25. The van der Waals surface area contributed by atoms with Crippen LogP contribution in [0.3, 0.4) is 0 Å². The molecular weight excluding hydrogens is 326 g/mol. The van der Waals surface area contributed by atoms with Crippen molar-refractivity contribution in [3.05, 3.63) is 58.3 Å². The Bertz CT molecular complexity index is 682. The second kappa shape index (κ2) is 8.98. The maximum absolute atomic E-state index is 12.1. The van der Waals surface area contributed by atoms with Crippen LogP contribution in [0.15, 0.2) is 47.8 Å². The first-order valence-electron chi connectivity index (χ1n) is 7.59. The molecule has 1 aromatic heterocycles. The number of rotatable bonds is 8. The Morgan fingerprint density at radius 1 is 1.08 bits per heavy atom. The molecule has 1 atom stereocenters. The van der Waals surface area contributed by atoms with Gasteiger partial charge in [0.15, 0.2) is 6.61 Å². The number of esters is 1. The highest BCUT2D eigenvalue weighted by atomic mass is 32.1. The van der Waals surface area contributed by atoms with Crippen LogP contribution in [-0.2, 0) is 19.1 Å². The Morgan fingerprint density at radius 3 is 2.46 bits per heavy atom. The molecule has 24 heavy (non-hydrogen) atoms. The van der Waals surface area contributed by atoms with Gasteiger partial charge in [-0.2, -0.15) is 0 Å². The highest BCUT2D eigenvalue weighted by Crippen LogP contribution is 2.25. The predicted molar refractivity (Wildman–Crippen MR) is 91.6 cm³/mol. The number of Topliss-reactive ketones (excluding diaryl/α,β-unsaturated/α-hetero) is 1. The Kier molecular flexibility index (Phi) is 6.69. The van der Waals surface area contributed by atoms with Crippen LogP contribution in [0, 0.1) is 0 Å². The van der Waals surface area contributed by atoms with Gasteiger partial charge in [0.05, 0.1) is 12.5 Å². The summed E-state index contributed by atoms with van der Waals surface area (Å²) in [7, 11) is 0. The zero-order valence-electron chi connectivity index (χ0n) is 13.4. The molecule has 1 N–H and O–H groups in total. The van der Waals surface area contributed by atoms with Gasteiger partial charge in [-0.15, -0.1) is 11.3 Å². The molecule has 1 heterocycles. The van der Waals surface area contributed by atoms with Crippen molar-refractivity contribution in [2.24, 2.45) is 0 Å². The quantitative estimate of drug-likeness (QED) is 0.747. The Morgan fingerprint density at radius 2 is 1.83 bits per heavy atom. The molecule has 1 aromatic carbocycles. The molecule has 2 aromatic rings. The van der Waals surface area contributed by atoms with Crippen LogP contribution in [0.5, 0.6) is 0 Å². The average Bonchev–Trinajstić information content (AvgIpc) is 3.11. The maximum Gasteiger partial charge on any atom is 0.306 e. The van der Waals surface area contributed by atoms with Gasteiger partial charge in [0, 0.05) is 11.3 Å². The number of thiophene rings is 1. The van der Waals surface area contributed by atoms with Gasteiger partial charge in [-0.1, -0.05) is 36.4 Å². The highest BCUT2D eigenvalue weighted by molar-refractivity contribution is 7.10. The summed E-state index contributed by atoms with van der Waals surface area (Å²) in [4.78, 5) is 35.4. The maximum atomic E-state index is 12.1. The van der Waals surface area contributed by atoms with E-state index in [1.165, 1.54) is 6.92 Å². The van der Waals surface area contributed by atoms with Crippen molar-refractivity contribution >= 4 is 29.0 Å². The molecule has 0 saturated carbocycles. The van der Waals surface area contributed by atoms with Gasteiger partial charge in [-0.3, -0.25) is 9.59 Å². The molecule has 126 valence electrons. The second-order valence-corrected chi connectivity index (χ2v) is 6.27. The van der Waals surface area contributed by atoms with Gasteiger partial charge in [0.25, 0.3) is 5.91 Å². The molecule has 1 amide bonds. The molecule has 0 aliphatic carbocycles. The van der Waals surface area contributed by atoms with E-state index in [0.29, 0.717) is 0 Å². The minimum atomic E-state index is -0.548. The summed E-state index contributed by atoms with van der Waals surface area (Å²) in [6.07, 6.45) is 0.123. The normalized spacial score (nSPS) is 11.5. The first kappa shape index (κ1) is 17.9. The SMILES string of the molecule is CC(=O)CCC(=O)OCC(=O)N[C@@H](c1ccccc1)c1cccs1. The van der Waals surface area contributed by atoms with Crippen molar-refractivity contribution < 1.29 is 19.1 Å². The van der Waals surface area contributed by atoms with E-state index in [-0.39, 0.29) is 37.2 Å². The molecule has 0 unspecified atom stereocenters. The van der Waals surface area contributed by atoms with E-state index < -0.39 is 5.97 Å². The van der Waals surface area contributed by atoms with Crippen molar-refractivity contribution in [2.75, 3.05) is 6.61 Å². The van der Waals surface area contributed by atoms with Gasteiger partial charge in [0.2, 0.25) is 0 Å². The molecule has 0 aliphatic rings. The smallest absolute Gasteiger partial charge is 0.306 e. The van der Waals surface area contributed by atoms with E-state index in [1.807, 2.05) is 47.8 Å². The lowest BCUT2D eigenvalue weighted by atomic mass is 10.1. The lowest BCUT2D eigenvalue weighted by Crippen LogP contribution is -2.32. The number of benzene rings is 1. The van der Waals surface area contributed by atoms with Gasteiger partial charge in [-0.25, -0.2) is 0 Å². The monoisotopic (exact) mass is 345 g/mol. The van der Waals surface area contributed by atoms with Crippen molar-refractivity contribution in [3.8, 4) is 0 Å². The average molecular weight is 345 g/mol. The van der Waals surface area contributed by atoms with E-state index >= 15 is 0 Å². The number of carbonyl (C=O) groups excluding carboxylic acids is 3. The minimum Gasteiger partial charge on any atom is -0.456 e. The number of ketones is 1. The van der Waals surface area contributed by atoms with Crippen LogP contribution in [-0.4, -0.2) is 24.3 Å². The van der Waals surface area contributed by atoms with E-state index in [4.69, 9.17) is 4.74 Å². The molecule has 6 heteroatoms. The zero-order chi connectivity index (χ0) is 17.4. The summed E-state index contributed by atoms with van der Waals surface area (Å²) in [5.41, 5.74) is 0.955. The third kappa shape index (κ3) is 5.62. The molecule has 0 fully saturated rings. The number of nitrogens with one attached hydrogen (secondary N) is 1. The number of hydrogen-bond donors (Lipinski definition) is 1. The van der Waals surface area contributed by atoms with E-state index in [2.05, 4.69) is 5.32 Å². The lowest BCUT2D eigenvalue weighted by Gasteiger charge is -2.18. The summed E-state index contributed by atoms with van der Waals surface area (Å²) >= 11 is 1.54. The standard InChI is InChI=1S/C18H19NO4S/c1-13(20)9-10-17(22)23-12-16(21)19-18(15-8-5-11-24-15)14-6-3-2-4-7-14/h2-8,11,18H,9-10,12H2,1H3,(H,19,21)/t18-/m0/s1.